The first-order chi connectivity index (χ1) is 16.5. The maximum Gasteiger partial charge on any atom is 0.254 e. The van der Waals surface area contributed by atoms with Crippen LogP contribution in [0.25, 0.3) is 0 Å². The van der Waals surface area contributed by atoms with E-state index in [0.717, 1.165) is 75.5 Å². The van der Waals surface area contributed by atoms with Crippen molar-refractivity contribution in [1.29, 1.82) is 0 Å². The summed E-state index contributed by atoms with van der Waals surface area (Å²) in [7, 11) is 0. The number of hydrogen-bond donors (Lipinski definition) is 0. The zero-order valence-electron chi connectivity index (χ0n) is 21.3. The zero-order chi connectivity index (χ0) is 24.0. The summed E-state index contributed by atoms with van der Waals surface area (Å²) in [5, 5.41) is 0. The number of carbonyl (C=O) groups excluding carboxylic acids is 1. The third-order valence-corrected chi connectivity index (χ3v) is 7.59. The van der Waals surface area contributed by atoms with Gasteiger partial charge in [-0.3, -0.25) is 14.7 Å². The average Bonchev–Trinajstić information content (AvgIpc) is 2.82. The molecule has 34 heavy (non-hydrogen) atoms. The van der Waals surface area contributed by atoms with Gasteiger partial charge in [0.1, 0.15) is 12.4 Å². The van der Waals surface area contributed by atoms with Crippen LogP contribution in [0.4, 0.5) is 0 Å². The van der Waals surface area contributed by atoms with Crippen LogP contribution in [0.5, 0.6) is 5.75 Å². The number of fused-ring (bicyclic) bond motifs is 1. The van der Waals surface area contributed by atoms with Gasteiger partial charge in [0.05, 0.1) is 0 Å². The Morgan fingerprint density at radius 2 is 1.88 bits per heavy atom. The van der Waals surface area contributed by atoms with Gasteiger partial charge in [-0.15, -0.1) is 0 Å². The van der Waals surface area contributed by atoms with Gasteiger partial charge in [0.25, 0.3) is 5.91 Å². The third kappa shape index (κ3) is 6.18. The normalized spacial score (nSPS) is 19.7. The minimum atomic E-state index is 0.159. The molecule has 0 radical (unpaired) electrons. The maximum absolute atomic E-state index is 13.2. The number of rotatable bonds is 3. The highest BCUT2D eigenvalue weighted by Gasteiger charge is 2.37. The highest BCUT2D eigenvalue weighted by atomic mass is 16.5. The standard InChI is InChI=1S/C29H41N3O2/c1-23(2)21-31-18-19-34-27-10-5-4-8-25(27)9-6-7-12-29(22-31)13-16-32(17-14-29)28(33)26-11-15-30-20-24(26)3/h4-5,8,10-11,15,20,23H,6-7,9,12-14,16-19,21-22H2,1-3H3. The molecule has 1 fully saturated rings. The van der Waals surface area contributed by atoms with E-state index in [1.807, 2.05) is 13.0 Å². The largest absolute Gasteiger partial charge is 0.492 e. The predicted molar refractivity (Wildman–Crippen MR) is 137 cm³/mol. The number of benzene rings is 1. The Kier molecular flexibility index (Phi) is 8.25. The summed E-state index contributed by atoms with van der Waals surface area (Å²) in [5.74, 6) is 1.83. The van der Waals surface area contributed by atoms with E-state index < -0.39 is 0 Å². The van der Waals surface area contributed by atoms with Crippen LogP contribution in [0, 0.1) is 18.3 Å². The molecule has 1 amide bonds. The average molecular weight is 464 g/mol. The van der Waals surface area contributed by atoms with Gasteiger partial charge in [-0.05, 0) is 73.6 Å². The molecule has 5 nitrogen and oxygen atoms in total. The van der Waals surface area contributed by atoms with Gasteiger partial charge in [0.2, 0.25) is 0 Å². The predicted octanol–water partition coefficient (Wildman–Crippen LogP) is 5.38. The number of ether oxygens (including phenoxy) is 1. The van der Waals surface area contributed by atoms with Crippen molar-refractivity contribution < 1.29 is 9.53 Å². The molecule has 4 rings (SSSR count). The molecule has 1 aromatic carbocycles. The molecular formula is C29H41N3O2. The Morgan fingerprint density at radius 3 is 2.65 bits per heavy atom. The minimum absolute atomic E-state index is 0.159. The molecule has 0 atom stereocenters. The van der Waals surface area contributed by atoms with Crippen LogP contribution >= 0.6 is 0 Å². The maximum atomic E-state index is 13.2. The van der Waals surface area contributed by atoms with Crippen molar-refractivity contribution in [3.63, 3.8) is 0 Å². The zero-order valence-corrected chi connectivity index (χ0v) is 21.3. The van der Waals surface area contributed by atoms with Crippen LogP contribution in [0.15, 0.2) is 42.7 Å². The van der Waals surface area contributed by atoms with Crippen molar-refractivity contribution in [2.75, 3.05) is 39.3 Å². The quantitative estimate of drug-likeness (QED) is 0.613. The molecule has 0 unspecified atom stereocenters. The summed E-state index contributed by atoms with van der Waals surface area (Å²) < 4.78 is 6.26. The smallest absolute Gasteiger partial charge is 0.254 e. The van der Waals surface area contributed by atoms with Crippen molar-refractivity contribution in [1.82, 2.24) is 14.8 Å². The number of nitrogens with zero attached hydrogens (tertiary/aromatic N) is 3. The number of aryl methyl sites for hydroxylation is 2. The SMILES string of the molecule is Cc1cnccc1C(=O)N1CCC2(CCCCc3ccccc3OCCN(CC(C)C)C2)CC1. The molecule has 2 aromatic rings. The van der Waals surface area contributed by atoms with E-state index >= 15 is 0 Å². The van der Waals surface area contributed by atoms with Gasteiger partial charge in [0.15, 0.2) is 0 Å². The lowest BCUT2D eigenvalue weighted by Gasteiger charge is -2.45. The van der Waals surface area contributed by atoms with Crippen molar-refractivity contribution >= 4 is 5.91 Å². The number of amides is 1. The van der Waals surface area contributed by atoms with Gasteiger partial charge < -0.3 is 9.64 Å². The highest BCUT2D eigenvalue weighted by molar-refractivity contribution is 5.95. The topological polar surface area (TPSA) is 45.7 Å². The molecular weight excluding hydrogens is 422 g/mol. The molecule has 5 heteroatoms. The Labute approximate surface area is 205 Å². The minimum Gasteiger partial charge on any atom is -0.492 e. The van der Waals surface area contributed by atoms with Crippen LogP contribution in [0.2, 0.25) is 0 Å². The van der Waals surface area contributed by atoms with Crippen LogP contribution in [0.1, 0.15) is 67.4 Å². The Bertz CT molecular complexity index is 950. The lowest BCUT2D eigenvalue weighted by atomic mass is 9.73. The molecule has 1 spiro atoms. The second kappa shape index (κ2) is 11.4. The fourth-order valence-corrected chi connectivity index (χ4v) is 5.73. The summed E-state index contributed by atoms with van der Waals surface area (Å²) in [4.78, 5) is 22.0. The number of likely N-dealkylation sites (tertiary alicyclic amines) is 1. The van der Waals surface area contributed by atoms with Crippen molar-refractivity contribution in [2.24, 2.45) is 11.3 Å². The van der Waals surface area contributed by atoms with Gasteiger partial charge in [0, 0.05) is 50.7 Å². The molecule has 0 N–H and O–H groups in total. The van der Waals surface area contributed by atoms with Crippen LogP contribution < -0.4 is 4.74 Å². The number of piperidine rings is 1. The van der Waals surface area contributed by atoms with Crippen LogP contribution in [-0.2, 0) is 6.42 Å². The van der Waals surface area contributed by atoms with E-state index in [4.69, 9.17) is 4.74 Å². The van der Waals surface area contributed by atoms with Crippen molar-refractivity contribution in [3.05, 3.63) is 59.4 Å². The lowest BCUT2D eigenvalue weighted by molar-refractivity contribution is 0.0354. The van der Waals surface area contributed by atoms with Crippen LogP contribution in [-0.4, -0.2) is 60.0 Å². The first-order valence-corrected chi connectivity index (χ1v) is 13.1. The molecule has 1 aromatic heterocycles. The van der Waals surface area contributed by atoms with Gasteiger partial charge in [-0.25, -0.2) is 0 Å². The fourth-order valence-electron chi connectivity index (χ4n) is 5.73. The highest BCUT2D eigenvalue weighted by Crippen LogP contribution is 2.39. The third-order valence-electron chi connectivity index (χ3n) is 7.59. The first-order valence-electron chi connectivity index (χ1n) is 13.1. The first kappa shape index (κ1) is 24.7. The Balaban J connectivity index is 1.47. The van der Waals surface area contributed by atoms with Crippen molar-refractivity contribution in [2.45, 2.75) is 59.3 Å². The summed E-state index contributed by atoms with van der Waals surface area (Å²) in [5.41, 5.74) is 3.36. The van der Waals surface area contributed by atoms with Gasteiger partial charge in [-0.1, -0.05) is 38.5 Å². The monoisotopic (exact) mass is 463 g/mol. The summed E-state index contributed by atoms with van der Waals surface area (Å²) in [6.07, 6.45) is 10.4. The van der Waals surface area contributed by atoms with E-state index in [0.29, 0.717) is 5.92 Å². The summed E-state index contributed by atoms with van der Waals surface area (Å²) in [6.45, 7) is 12.1. The molecule has 184 valence electrons. The number of aromatic nitrogens is 1. The van der Waals surface area contributed by atoms with E-state index in [2.05, 4.69) is 52.9 Å². The number of para-hydroxylation sites is 1. The molecule has 2 aliphatic heterocycles. The van der Waals surface area contributed by atoms with E-state index in [-0.39, 0.29) is 11.3 Å². The molecule has 2 aliphatic rings. The molecule has 3 heterocycles. The number of carbonyl (C=O) groups is 1. The summed E-state index contributed by atoms with van der Waals surface area (Å²) in [6, 6.07) is 10.4. The lowest BCUT2D eigenvalue weighted by Crippen LogP contribution is -2.49. The fraction of sp³-hybridized carbons (Fsp3) is 0.586. The Morgan fingerprint density at radius 1 is 1.09 bits per heavy atom. The summed E-state index contributed by atoms with van der Waals surface area (Å²) >= 11 is 0. The number of hydrogen-bond acceptors (Lipinski definition) is 4. The second-order valence-corrected chi connectivity index (χ2v) is 10.8. The van der Waals surface area contributed by atoms with E-state index in [1.54, 1.807) is 12.4 Å². The van der Waals surface area contributed by atoms with Crippen molar-refractivity contribution in [3.8, 4) is 5.75 Å². The van der Waals surface area contributed by atoms with E-state index in [9.17, 15) is 4.79 Å². The van der Waals surface area contributed by atoms with Gasteiger partial charge in [-0.2, -0.15) is 0 Å². The molecule has 0 aliphatic carbocycles. The second-order valence-electron chi connectivity index (χ2n) is 10.8. The Hall–Kier alpha value is -2.40. The number of pyridine rings is 1. The van der Waals surface area contributed by atoms with Gasteiger partial charge >= 0.3 is 0 Å². The molecule has 1 saturated heterocycles. The van der Waals surface area contributed by atoms with E-state index in [1.165, 1.54) is 24.8 Å². The van der Waals surface area contributed by atoms with Crippen LogP contribution in [0.3, 0.4) is 0 Å². The molecule has 0 bridgehead atoms. The molecule has 0 saturated carbocycles.